The molecule has 0 saturated heterocycles. The van der Waals surface area contributed by atoms with Crippen LogP contribution in [-0.4, -0.2) is 9.97 Å². The first-order valence-electron chi connectivity index (χ1n) is 8.95. The summed E-state index contributed by atoms with van der Waals surface area (Å²) in [5, 5.41) is 4.82. The largest absolute Gasteiger partial charge is 0.246 e. The van der Waals surface area contributed by atoms with Gasteiger partial charge in [-0.2, -0.15) is 0 Å². The Hall–Kier alpha value is -3.01. The monoisotopic (exact) mass is 398 g/mol. The summed E-state index contributed by atoms with van der Waals surface area (Å²) in [7, 11) is 0. The highest BCUT2D eigenvalue weighted by molar-refractivity contribution is 7.13. The number of aromatic nitrogens is 2. The Bertz CT molecular complexity index is 1260. The van der Waals surface area contributed by atoms with Gasteiger partial charge in [0.25, 0.3) is 0 Å². The summed E-state index contributed by atoms with van der Waals surface area (Å²) in [6.45, 7) is 0. The number of thiazole rings is 1. The molecule has 28 heavy (non-hydrogen) atoms. The molecule has 0 atom stereocenters. The first-order chi connectivity index (χ1) is 13.8. The van der Waals surface area contributed by atoms with E-state index in [1.807, 2.05) is 54.6 Å². The number of hydrogen-bond donors (Lipinski definition) is 0. The Kier molecular flexibility index (Phi) is 4.40. The quantitative estimate of drug-likeness (QED) is 0.317. The standard InChI is InChI=1S/C24H15ClN2S/c25-18-11-12-21-20(13-18)19(16-7-3-1-4-8-16)14-22(26-21)23-15-28-24(27-23)17-9-5-2-6-10-17/h1-15H. The molecule has 2 nitrogen and oxygen atoms in total. The smallest absolute Gasteiger partial charge is 0.124 e. The van der Waals surface area contributed by atoms with Crippen LogP contribution in [0.25, 0.3) is 44.0 Å². The molecule has 0 aliphatic rings. The van der Waals surface area contributed by atoms with Gasteiger partial charge in [0.05, 0.1) is 11.2 Å². The van der Waals surface area contributed by atoms with Crippen molar-refractivity contribution in [3.63, 3.8) is 0 Å². The van der Waals surface area contributed by atoms with E-state index in [-0.39, 0.29) is 0 Å². The van der Waals surface area contributed by atoms with E-state index in [1.165, 1.54) is 0 Å². The van der Waals surface area contributed by atoms with E-state index in [0.717, 1.165) is 44.0 Å². The van der Waals surface area contributed by atoms with E-state index >= 15 is 0 Å². The first kappa shape index (κ1) is 17.1. The zero-order valence-corrected chi connectivity index (χ0v) is 16.4. The van der Waals surface area contributed by atoms with Crippen LogP contribution in [-0.2, 0) is 0 Å². The summed E-state index contributed by atoms with van der Waals surface area (Å²) >= 11 is 7.90. The molecule has 0 N–H and O–H groups in total. The third kappa shape index (κ3) is 3.19. The van der Waals surface area contributed by atoms with Crippen LogP contribution in [0.3, 0.4) is 0 Å². The van der Waals surface area contributed by atoms with Gasteiger partial charge in [0.1, 0.15) is 10.7 Å². The highest BCUT2D eigenvalue weighted by Gasteiger charge is 2.13. The van der Waals surface area contributed by atoms with Gasteiger partial charge in [0.15, 0.2) is 0 Å². The Balaban J connectivity index is 1.69. The fourth-order valence-corrected chi connectivity index (χ4v) is 4.28. The van der Waals surface area contributed by atoms with Crippen molar-refractivity contribution in [3.8, 4) is 33.1 Å². The van der Waals surface area contributed by atoms with Crippen molar-refractivity contribution in [2.45, 2.75) is 0 Å². The predicted octanol–water partition coefficient (Wildman–Crippen LogP) is 7.35. The summed E-state index contributed by atoms with van der Waals surface area (Å²) < 4.78 is 0. The van der Waals surface area contributed by atoms with Crippen LogP contribution >= 0.6 is 22.9 Å². The molecular weight excluding hydrogens is 384 g/mol. The minimum atomic E-state index is 0.708. The van der Waals surface area contributed by atoms with Crippen molar-refractivity contribution in [3.05, 3.63) is 95.3 Å². The molecule has 5 aromatic rings. The minimum absolute atomic E-state index is 0.708. The Morgan fingerprint density at radius 3 is 2.14 bits per heavy atom. The topological polar surface area (TPSA) is 25.8 Å². The number of hydrogen-bond acceptors (Lipinski definition) is 3. The minimum Gasteiger partial charge on any atom is -0.246 e. The van der Waals surface area contributed by atoms with Gasteiger partial charge < -0.3 is 0 Å². The van der Waals surface area contributed by atoms with Crippen molar-refractivity contribution < 1.29 is 0 Å². The zero-order chi connectivity index (χ0) is 18.9. The number of fused-ring (bicyclic) bond motifs is 1. The lowest BCUT2D eigenvalue weighted by atomic mass is 9.99. The molecule has 0 unspecified atom stereocenters. The van der Waals surface area contributed by atoms with Crippen LogP contribution in [0.4, 0.5) is 0 Å². The molecule has 2 aromatic heterocycles. The fraction of sp³-hybridized carbons (Fsp3) is 0. The van der Waals surface area contributed by atoms with Gasteiger partial charge in [0, 0.05) is 21.4 Å². The molecule has 0 aliphatic heterocycles. The van der Waals surface area contributed by atoms with Crippen molar-refractivity contribution in [1.82, 2.24) is 9.97 Å². The third-order valence-electron chi connectivity index (χ3n) is 4.64. The lowest BCUT2D eigenvalue weighted by Gasteiger charge is -2.09. The van der Waals surface area contributed by atoms with Crippen molar-refractivity contribution >= 4 is 33.8 Å². The maximum Gasteiger partial charge on any atom is 0.124 e. The molecule has 0 radical (unpaired) electrons. The van der Waals surface area contributed by atoms with Crippen LogP contribution in [0.2, 0.25) is 5.02 Å². The second-order valence-electron chi connectivity index (χ2n) is 6.49. The number of rotatable bonds is 3. The van der Waals surface area contributed by atoms with Crippen molar-refractivity contribution in [2.24, 2.45) is 0 Å². The SMILES string of the molecule is Clc1ccc2nc(-c3csc(-c4ccccc4)n3)cc(-c3ccccc3)c2c1. The van der Waals surface area contributed by atoms with Gasteiger partial charge in [0.2, 0.25) is 0 Å². The van der Waals surface area contributed by atoms with Crippen LogP contribution in [0.1, 0.15) is 0 Å². The Morgan fingerprint density at radius 2 is 1.39 bits per heavy atom. The van der Waals surface area contributed by atoms with E-state index in [2.05, 4.69) is 35.7 Å². The molecule has 2 heterocycles. The maximum absolute atomic E-state index is 6.27. The van der Waals surface area contributed by atoms with Gasteiger partial charge in [-0.25, -0.2) is 9.97 Å². The first-order valence-corrected chi connectivity index (χ1v) is 10.2. The molecule has 0 bridgehead atoms. The molecule has 5 rings (SSSR count). The average molecular weight is 399 g/mol. The van der Waals surface area contributed by atoms with E-state index in [0.29, 0.717) is 5.02 Å². The molecule has 3 aromatic carbocycles. The lowest BCUT2D eigenvalue weighted by molar-refractivity contribution is 1.32. The molecule has 0 aliphatic carbocycles. The number of benzene rings is 3. The highest BCUT2D eigenvalue weighted by Crippen LogP contribution is 2.35. The van der Waals surface area contributed by atoms with Gasteiger partial charge in [-0.1, -0.05) is 72.3 Å². The van der Waals surface area contributed by atoms with Gasteiger partial charge >= 0.3 is 0 Å². The Morgan fingerprint density at radius 1 is 0.679 bits per heavy atom. The van der Waals surface area contributed by atoms with Gasteiger partial charge in [-0.3, -0.25) is 0 Å². The normalized spacial score (nSPS) is 11.0. The molecule has 134 valence electrons. The van der Waals surface area contributed by atoms with Crippen molar-refractivity contribution in [2.75, 3.05) is 0 Å². The molecule has 0 spiro atoms. The van der Waals surface area contributed by atoms with Crippen LogP contribution in [0, 0.1) is 0 Å². The molecule has 0 fully saturated rings. The summed E-state index contributed by atoms with van der Waals surface area (Å²) in [6.07, 6.45) is 0. The lowest BCUT2D eigenvalue weighted by Crippen LogP contribution is -1.90. The molecule has 0 amide bonds. The van der Waals surface area contributed by atoms with E-state index in [1.54, 1.807) is 11.3 Å². The fourth-order valence-electron chi connectivity index (χ4n) is 3.29. The Labute approximate surface area is 172 Å². The van der Waals surface area contributed by atoms with Gasteiger partial charge in [-0.05, 0) is 35.4 Å². The summed E-state index contributed by atoms with van der Waals surface area (Å²) in [4.78, 5) is 9.71. The zero-order valence-electron chi connectivity index (χ0n) is 14.8. The highest BCUT2D eigenvalue weighted by atomic mass is 35.5. The molecule has 0 saturated carbocycles. The number of nitrogens with zero attached hydrogens (tertiary/aromatic N) is 2. The van der Waals surface area contributed by atoms with Crippen LogP contribution < -0.4 is 0 Å². The number of pyridine rings is 1. The average Bonchev–Trinajstić information content (AvgIpc) is 3.25. The van der Waals surface area contributed by atoms with Crippen molar-refractivity contribution in [1.29, 1.82) is 0 Å². The van der Waals surface area contributed by atoms with Gasteiger partial charge in [-0.15, -0.1) is 11.3 Å². The van der Waals surface area contributed by atoms with Crippen LogP contribution in [0.15, 0.2) is 90.3 Å². The van der Waals surface area contributed by atoms with E-state index in [9.17, 15) is 0 Å². The summed E-state index contributed by atoms with van der Waals surface area (Å²) in [5.41, 5.74) is 6.03. The van der Waals surface area contributed by atoms with E-state index < -0.39 is 0 Å². The maximum atomic E-state index is 6.27. The third-order valence-corrected chi connectivity index (χ3v) is 5.77. The summed E-state index contributed by atoms with van der Waals surface area (Å²) in [5.74, 6) is 0. The molecular formula is C24H15ClN2S. The van der Waals surface area contributed by atoms with Crippen LogP contribution in [0.5, 0.6) is 0 Å². The molecule has 4 heteroatoms. The second-order valence-corrected chi connectivity index (χ2v) is 7.78. The second kappa shape index (κ2) is 7.19. The van der Waals surface area contributed by atoms with E-state index in [4.69, 9.17) is 21.6 Å². The summed E-state index contributed by atoms with van der Waals surface area (Å²) in [6, 6.07) is 28.5. The number of halogens is 1. The predicted molar refractivity (Wildman–Crippen MR) is 119 cm³/mol.